The lowest BCUT2D eigenvalue weighted by Gasteiger charge is -2.43. The zero-order valence-electron chi connectivity index (χ0n) is 28.9. The highest BCUT2D eigenvalue weighted by Crippen LogP contribution is 2.42. The number of esters is 1. The Morgan fingerprint density at radius 2 is 1.48 bits per heavy atom. The number of hydrogen-bond acceptors (Lipinski definition) is 8. The van der Waals surface area contributed by atoms with Crippen LogP contribution < -0.4 is 10.6 Å². The summed E-state index contributed by atoms with van der Waals surface area (Å²) in [6.45, 7) is 4.60. The molecule has 10 heteroatoms. The standard InChI is InChI=1S/C40H47N3O7/c1-26-35(24-43(3)27(2)36(45)30-13-9-6-10-14-30)49-39(50-37(26)31-17-15-29(25-44)16-18-31)32-19-21-33(22-20-32)41-40(47)42-34(38(46)48-4)23-28-11-7-5-8-12-28/h5-22,26-27,34-37,39,44-45H,23-25H2,1-4H3,(H2,41,42,47)/t26-,27-,34-,35+,36-,37+,39+/m0/s1. The second-order valence-corrected chi connectivity index (χ2v) is 12.8. The van der Waals surface area contributed by atoms with Crippen LogP contribution in [0.1, 0.15) is 60.2 Å². The van der Waals surface area contributed by atoms with E-state index in [9.17, 15) is 19.8 Å². The number of ether oxygens (including phenoxy) is 3. The Morgan fingerprint density at radius 1 is 0.860 bits per heavy atom. The van der Waals surface area contributed by atoms with Crippen LogP contribution in [-0.2, 0) is 32.0 Å². The van der Waals surface area contributed by atoms with Crippen molar-refractivity contribution in [2.24, 2.45) is 5.92 Å². The molecule has 0 unspecified atom stereocenters. The average molecular weight is 682 g/mol. The fraction of sp³-hybridized carbons (Fsp3) is 0.350. The van der Waals surface area contributed by atoms with E-state index in [0.29, 0.717) is 18.7 Å². The van der Waals surface area contributed by atoms with Gasteiger partial charge in [0.1, 0.15) is 6.04 Å². The number of anilines is 1. The third-order valence-corrected chi connectivity index (χ3v) is 9.40. The number of nitrogens with zero attached hydrogens (tertiary/aromatic N) is 1. The third-order valence-electron chi connectivity index (χ3n) is 9.40. The van der Waals surface area contributed by atoms with Crippen LogP contribution in [0.2, 0.25) is 0 Å². The maximum absolute atomic E-state index is 12.9. The summed E-state index contributed by atoms with van der Waals surface area (Å²) in [4.78, 5) is 27.5. The molecule has 2 amide bonds. The number of carbonyl (C=O) groups is 2. The Bertz CT molecular complexity index is 1650. The molecule has 1 aliphatic heterocycles. The van der Waals surface area contributed by atoms with Gasteiger partial charge in [-0.1, -0.05) is 104 Å². The van der Waals surface area contributed by atoms with Crippen LogP contribution >= 0.6 is 0 Å². The van der Waals surface area contributed by atoms with E-state index >= 15 is 0 Å². The van der Waals surface area contributed by atoms with E-state index in [2.05, 4.69) is 22.5 Å². The van der Waals surface area contributed by atoms with Crippen molar-refractivity contribution in [3.63, 3.8) is 0 Å². The van der Waals surface area contributed by atoms with Crippen LogP contribution in [0.25, 0.3) is 0 Å². The molecule has 0 saturated carbocycles. The maximum Gasteiger partial charge on any atom is 0.328 e. The Kier molecular flexibility index (Phi) is 12.8. The molecule has 0 bridgehead atoms. The van der Waals surface area contributed by atoms with Crippen LogP contribution in [0, 0.1) is 5.92 Å². The number of methoxy groups -OCH3 is 1. The number of aliphatic hydroxyl groups is 2. The molecule has 0 radical (unpaired) electrons. The lowest BCUT2D eigenvalue weighted by atomic mass is 9.89. The van der Waals surface area contributed by atoms with E-state index in [-0.39, 0.29) is 30.8 Å². The SMILES string of the molecule is COC(=O)[C@H](Cc1ccccc1)NC(=O)Nc1ccc([C@@H]2O[C@H](CN(C)[C@@H](C)[C@H](O)c3ccccc3)[C@H](C)[C@H](c3ccc(CO)cc3)O2)cc1. The molecule has 1 saturated heterocycles. The largest absolute Gasteiger partial charge is 0.467 e. The lowest BCUT2D eigenvalue weighted by Crippen LogP contribution is -2.46. The normalized spacial score (nSPS) is 20.8. The van der Waals surface area contributed by atoms with Crippen molar-refractivity contribution < 1.29 is 34.0 Å². The van der Waals surface area contributed by atoms with Crippen molar-refractivity contribution >= 4 is 17.7 Å². The second kappa shape index (κ2) is 17.4. The summed E-state index contributed by atoms with van der Waals surface area (Å²) < 4.78 is 18.1. The molecule has 264 valence electrons. The van der Waals surface area contributed by atoms with Gasteiger partial charge in [-0.3, -0.25) is 4.90 Å². The number of benzene rings is 4. The van der Waals surface area contributed by atoms with Gasteiger partial charge in [-0.05, 0) is 48.4 Å². The van der Waals surface area contributed by atoms with Gasteiger partial charge in [0.05, 0.1) is 32.0 Å². The zero-order chi connectivity index (χ0) is 35.6. The summed E-state index contributed by atoms with van der Waals surface area (Å²) in [6, 6.07) is 32.4. The molecule has 7 atom stereocenters. The summed E-state index contributed by atoms with van der Waals surface area (Å²) >= 11 is 0. The van der Waals surface area contributed by atoms with Crippen LogP contribution in [0.5, 0.6) is 0 Å². The summed E-state index contributed by atoms with van der Waals surface area (Å²) in [5, 5.41) is 26.2. The number of urea groups is 1. The molecule has 4 aromatic carbocycles. The fourth-order valence-electron chi connectivity index (χ4n) is 6.18. The summed E-state index contributed by atoms with van der Waals surface area (Å²) in [5.41, 5.74) is 4.82. The predicted octanol–water partition coefficient (Wildman–Crippen LogP) is 5.93. The van der Waals surface area contributed by atoms with Gasteiger partial charge in [0.2, 0.25) is 0 Å². The van der Waals surface area contributed by atoms with Crippen LogP contribution in [0.3, 0.4) is 0 Å². The number of nitrogens with one attached hydrogen (secondary N) is 2. The van der Waals surface area contributed by atoms with E-state index in [4.69, 9.17) is 14.2 Å². The van der Waals surface area contributed by atoms with Crippen molar-refractivity contribution in [2.45, 2.75) is 63.6 Å². The number of rotatable bonds is 13. The molecule has 0 aromatic heterocycles. The van der Waals surface area contributed by atoms with Gasteiger partial charge < -0.3 is 35.1 Å². The van der Waals surface area contributed by atoms with Crippen molar-refractivity contribution in [3.8, 4) is 0 Å². The molecule has 1 fully saturated rings. The molecule has 10 nitrogen and oxygen atoms in total. The first-order chi connectivity index (χ1) is 24.2. The van der Waals surface area contributed by atoms with Crippen molar-refractivity contribution in [1.29, 1.82) is 0 Å². The molecule has 0 spiro atoms. The Labute approximate surface area is 294 Å². The van der Waals surface area contributed by atoms with E-state index in [0.717, 1.165) is 27.8 Å². The monoisotopic (exact) mass is 681 g/mol. The quantitative estimate of drug-likeness (QED) is 0.128. The number of aliphatic hydroxyl groups excluding tert-OH is 2. The topological polar surface area (TPSA) is 130 Å². The lowest BCUT2D eigenvalue weighted by molar-refractivity contribution is -0.276. The minimum Gasteiger partial charge on any atom is -0.467 e. The molecule has 50 heavy (non-hydrogen) atoms. The summed E-state index contributed by atoms with van der Waals surface area (Å²) in [6.07, 6.45) is -1.65. The molecule has 5 rings (SSSR count). The minimum absolute atomic E-state index is 0.0435. The second-order valence-electron chi connectivity index (χ2n) is 12.8. The first-order valence-corrected chi connectivity index (χ1v) is 16.9. The fourth-order valence-corrected chi connectivity index (χ4v) is 6.18. The van der Waals surface area contributed by atoms with E-state index in [1.807, 2.05) is 111 Å². The summed E-state index contributed by atoms with van der Waals surface area (Å²) in [7, 11) is 3.28. The van der Waals surface area contributed by atoms with Crippen LogP contribution in [0.15, 0.2) is 109 Å². The number of likely N-dealkylation sites (N-methyl/N-ethyl adjacent to an activating group) is 1. The first kappa shape index (κ1) is 36.7. The van der Waals surface area contributed by atoms with Crippen LogP contribution in [-0.4, -0.2) is 66.0 Å². The number of carbonyl (C=O) groups excluding carboxylic acids is 2. The Balaban J connectivity index is 1.30. The van der Waals surface area contributed by atoms with E-state index < -0.39 is 30.4 Å². The maximum atomic E-state index is 12.9. The third kappa shape index (κ3) is 9.35. The molecular formula is C40H47N3O7. The summed E-state index contributed by atoms with van der Waals surface area (Å²) in [5.74, 6) is -0.581. The van der Waals surface area contributed by atoms with Gasteiger partial charge in [0, 0.05) is 36.2 Å². The molecule has 1 aliphatic rings. The van der Waals surface area contributed by atoms with E-state index in [1.165, 1.54) is 7.11 Å². The molecule has 1 heterocycles. The average Bonchev–Trinajstić information content (AvgIpc) is 3.15. The van der Waals surface area contributed by atoms with Crippen molar-refractivity contribution in [1.82, 2.24) is 10.2 Å². The van der Waals surface area contributed by atoms with Crippen LogP contribution in [0.4, 0.5) is 10.5 Å². The van der Waals surface area contributed by atoms with Gasteiger partial charge in [-0.15, -0.1) is 0 Å². The highest BCUT2D eigenvalue weighted by atomic mass is 16.7. The Morgan fingerprint density at radius 3 is 2.10 bits per heavy atom. The molecular weight excluding hydrogens is 634 g/mol. The highest BCUT2D eigenvalue weighted by molar-refractivity contribution is 5.92. The number of hydrogen-bond donors (Lipinski definition) is 4. The van der Waals surface area contributed by atoms with Gasteiger partial charge in [0.15, 0.2) is 6.29 Å². The van der Waals surface area contributed by atoms with E-state index in [1.54, 1.807) is 12.1 Å². The minimum atomic E-state index is -0.859. The Hall–Kier alpha value is -4.58. The highest BCUT2D eigenvalue weighted by Gasteiger charge is 2.39. The molecule has 0 aliphatic carbocycles. The first-order valence-electron chi connectivity index (χ1n) is 16.9. The zero-order valence-corrected chi connectivity index (χ0v) is 28.9. The van der Waals surface area contributed by atoms with Crippen molar-refractivity contribution in [3.05, 3.63) is 137 Å². The molecule has 4 N–H and O–H groups in total. The van der Waals surface area contributed by atoms with Gasteiger partial charge in [-0.25, -0.2) is 9.59 Å². The predicted molar refractivity (Wildman–Crippen MR) is 191 cm³/mol. The van der Waals surface area contributed by atoms with Gasteiger partial charge >= 0.3 is 12.0 Å². The molecule has 4 aromatic rings. The van der Waals surface area contributed by atoms with Gasteiger partial charge in [0.25, 0.3) is 0 Å². The van der Waals surface area contributed by atoms with Crippen molar-refractivity contribution in [2.75, 3.05) is 26.0 Å². The smallest absolute Gasteiger partial charge is 0.328 e. The van der Waals surface area contributed by atoms with Gasteiger partial charge in [-0.2, -0.15) is 0 Å². The number of amides is 2.